The van der Waals surface area contributed by atoms with Crippen LogP contribution in [0.25, 0.3) is 0 Å². The van der Waals surface area contributed by atoms with E-state index in [9.17, 15) is 4.39 Å². The van der Waals surface area contributed by atoms with E-state index in [1.807, 2.05) is 0 Å². The Kier molecular flexibility index (Phi) is 1.80. The van der Waals surface area contributed by atoms with Crippen molar-refractivity contribution >= 4 is 0 Å². The zero-order valence-corrected chi connectivity index (χ0v) is 4.84. The number of hydrogen-bond acceptors (Lipinski definition) is 1. The zero-order chi connectivity index (χ0) is 6.69. The molecule has 1 radical (unpaired) electrons. The number of rotatable bonds is 1. The summed E-state index contributed by atoms with van der Waals surface area (Å²) in [4.78, 5) is 0. The third kappa shape index (κ3) is 1.50. The van der Waals surface area contributed by atoms with E-state index in [0.717, 1.165) is 0 Å². The first-order valence-electron chi connectivity index (χ1n) is 2.63. The van der Waals surface area contributed by atoms with Gasteiger partial charge in [-0.15, -0.1) is 0 Å². The van der Waals surface area contributed by atoms with Crippen molar-refractivity contribution in [2.45, 2.75) is 0 Å². The number of nitrogens with two attached hydrogens (primary N) is 1. The fourth-order valence-electron chi connectivity index (χ4n) is 0.610. The molecule has 0 bridgehead atoms. The van der Waals surface area contributed by atoms with Crippen LogP contribution in [0.1, 0.15) is 5.56 Å². The van der Waals surface area contributed by atoms with Gasteiger partial charge in [-0.25, -0.2) is 4.39 Å². The van der Waals surface area contributed by atoms with Crippen molar-refractivity contribution in [1.29, 1.82) is 0 Å². The van der Waals surface area contributed by atoms with Crippen LogP contribution in [0.5, 0.6) is 0 Å². The molecule has 47 valence electrons. The van der Waals surface area contributed by atoms with E-state index in [4.69, 9.17) is 5.73 Å². The lowest BCUT2D eigenvalue weighted by Gasteiger charge is -1.92. The quantitative estimate of drug-likeness (QED) is 0.599. The van der Waals surface area contributed by atoms with Crippen LogP contribution in [-0.2, 0) is 0 Å². The van der Waals surface area contributed by atoms with Crippen molar-refractivity contribution in [2.75, 3.05) is 0 Å². The van der Waals surface area contributed by atoms with Gasteiger partial charge in [0.15, 0.2) is 0 Å². The molecule has 0 fully saturated rings. The van der Waals surface area contributed by atoms with Gasteiger partial charge in [-0.1, -0.05) is 12.1 Å². The second-order valence-corrected chi connectivity index (χ2v) is 1.72. The third-order valence-corrected chi connectivity index (χ3v) is 1.04. The third-order valence-electron chi connectivity index (χ3n) is 1.04. The molecule has 1 aromatic carbocycles. The fraction of sp³-hybridized carbons (Fsp3) is 0. The van der Waals surface area contributed by atoms with Gasteiger partial charge in [-0.05, 0) is 17.7 Å². The van der Waals surface area contributed by atoms with Crippen molar-refractivity contribution in [3.8, 4) is 0 Å². The molecule has 0 heterocycles. The van der Waals surface area contributed by atoms with Gasteiger partial charge in [0.2, 0.25) is 0 Å². The highest BCUT2D eigenvalue weighted by Crippen LogP contribution is 2.01. The van der Waals surface area contributed by atoms with Gasteiger partial charge < -0.3 is 5.73 Å². The van der Waals surface area contributed by atoms with E-state index >= 15 is 0 Å². The first-order chi connectivity index (χ1) is 4.33. The van der Waals surface area contributed by atoms with E-state index in [2.05, 4.69) is 0 Å². The van der Waals surface area contributed by atoms with Gasteiger partial charge in [-0.3, -0.25) is 0 Å². The molecule has 1 nitrogen and oxygen atoms in total. The molecular formula is C7H7FN. The Balaban J connectivity index is 2.94. The van der Waals surface area contributed by atoms with Crippen LogP contribution in [0, 0.1) is 12.4 Å². The normalized spacial score (nSPS) is 9.56. The first kappa shape index (κ1) is 6.23. The fourth-order valence-corrected chi connectivity index (χ4v) is 0.610. The van der Waals surface area contributed by atoms with Crippen molar-refractivity contribution in [2.24, 2.45) is 5.73 Å². The SMILES string of the molecule is N[CH]c1cccc(F)c1. The molecule has 9 heavy (non-hydrogen) atoms. The number of benzene rings is 1. The Morgan fingerprint density at radius 1 is 1.44 bits per heavy atom. The molecule has 2 heteroatoms. The predicted molar refractivity (Wildman–Crippen MR) is 34.0 cm³/mol. The lowest BCUT2D eigenvalue weighted by Crippen LogP contribution is -1.91. The Hall–Kier alpha value is -0.890. The average Bonchev–Trinajstić information content (AvgIpc) is 1.88. The average molecular weight is 124 g/mol. The minimum absolute atomic E-state index is 0.255. The summed E-state index contributed by atoms with van der Waals surface area (Å²) < 4.78 is 12.3. The molecule has 0 aromatic heterocycles. The second-order valence-electron chi connectivity index (χ2n) is 1.72. The van der Waals surface area contributed by atoms with Crippen LogP contribution in [0.2, 0.25) is 0 Å². The maximum Gasteiger partial charge on any atom is 0.123 e. The standard InChI is InChI=1S/C7H7FN/c8-7-3-1-2-6(4-7)5-9/h1-5H,9H2. The Labute approximate surface area is 53.3 Å². The van der Waals surface area contributed by atoms with E-state index in [0.29, 0.717) is 5.56 Å². The molecular weight excluding hydrogens is 117 g/mol. The summed E-state index contributed by atoms with van der Waals surface area (Å²) in [6.45, 7) is 1.36. The first-order valence-corrected chi connectivity index (χ1v) is 2.63. The minimum Gasteiger partial charge on any atom is -0.322 e. The summed E-state index contributed by atoms with van der Waals surface area (Å²) in [5.41, 5.74) is 5.83. The molecule has 0 saturated carbocycles. The summed E-state index contributed by atoms with van der Waals surface area (Å²) in [5, 5.41) is 0. The van der Waals surface area contributed by atoms with E-state index in [1.54, 1.807) is 12.1 Å². The Morgan fingerprint density at radius 2 is 2.22 bits per heavy atom. The summed E-state index contributed by atoms with van der Waals surface area (Å²) >= 11 is 0. The van der Waals surface area contributed by atoms with Crippen molar-refractivity contribution in [3.63, 3.8) is 0 Å². The second kappa shape index (κ2) is 2.60. The highest BCUT2D eigenvalue weighted by atomic mass is 19.1. The van der Waals surface area contributed by atoms with Crippen LogP contribution in [0.3, 0.4) is 0 Å². The van der Waals surface area contributed by atoms with Crippen molar-refractivity contribution in [1.82, 2.24) is 0 Å². The van der Waals surface area contributed by atoms with Crippen LogP contribution in [0.4, 0.5) is 4.39 Å². The highest BCUT2D eigenvalue weighted by Gasteiger charge is 1.89. The predicted octanol–water partition coefficient (Wildman–Crippen LogP) is 1.29. The summed E-state index contributed by atoms with van der Waals surface area (Å²) in [5.74, 6) is -0.255. The smallest absolute Gasteiger partial charge is 0.123 e. The topological polar surface area (TPSA) is 26.0 Å². The van der Waals surface area contributed by atoms with Gasteiger partial charge in [-0.2, -0.15) is 0 Å². The minimum atomic E-state index is -0.255. The largest absolute Gasteiger partial charge is 0.322 e. The maximum atomic E-state index is 12.3. The van der Waals surface area contributed by atoms with Crippen molar-refractivity contribution < 1.29 is 4.39 Å². The summed E-state index contributed by atoms with van der Waals surface area (Å²) in [6.07, 6.45) is 0. The Bertz CT molecular complexity index is 198. The molecule has 0 amide bonds. The Morgan fingerprint density at radius 3 is 2.67 bits per heavy atom. The highest BCUT2D eigenvalue weighted by molar-refractivity contribution is 5.21. The lowest BCUT2D eigenvalue weighted by molar-refractivity contribution is 0.627. The zero-order valence-electron chi connectivity index (χ0n) is 4.84. The van der Waals surface area contributed by atoms with E-state index in [1.165, 1.54) is 18.7 Å². The molecule has 0 saturated heterocycles. The van der Waals surface area contributed by atoms with Gasteiger partial charge in [0.25, 0.3) is 0 Å². The van der Waals surface area contributed by atoms with E-state index in [-0.39, 0.29) is 5.82 Å². The van der Waals surface area contributed by atoms with Crippen molar-refractivity contribution in [3.05, 3.63) is 42.2 Å². The molecule has 0 spiro atoms. The molecule has 0 aliphatic heterocycles. The lowest BCUT2D eigenvalue weighted by atomic mass is 10.2. The van der Waals surface area contributed by atoms with Gasteiger partial charge in [0.05, 0.1) is 0 Å². The molecule has 0 aliphatic rings. The molecule has 2 N–H and O–H groups in total. The number of halogens is 1. The number of hydrogen-bond donors (Lipinski definition) is 1. The molecule has 1 rings (SSSR count). The monoisotopic (exact) mass is 124 g/mol. The van der Waals surface area contributed by atoms with Crippen LogP contribution in [0.15, 0.2) is 24.3 Å². The molecule has 0 unspecified atom stereocenters. The summed E-state index contributed by atoms with van der Waals surface area (Å²) in [6, 6.07) is 6.12. The van der Waals surface area contributed by atoms with Crippen LogP contribution < -0.4 is 5.73 Å². The van der Waals surface area contributed by atoms with Gasteiger partial charge in [0.1, 0.15) is 5.82 Å². The summed E-state index contributed by atoms with van der Waals surface area (Å²) in [7, 11) is 0. The van der Waals surface area contributed by atoms with Crippen LogP contribution in [-0.4, -0.2) is 0 Å². The van der Waals surface area contributed by atoms with E-state index < -0.39 is 0 Å². The van der Waals surface area contributed by atoms with Gasteiger partial charge in [0, 0.05) is 6.54 Å². The van der Waals surface area contributed by atoms with Crippen LogP contribution >= 0.6 is 0 Å². The molecule has 0 atom stereocenters. The maximum absolute atomic E-state index is 12.3. The van der Waals surface area contributed by atoms with Gasteiger partial charge >= 0.3 is 0 Å². The molecule has 0 aliphatic carbocycles. The molecule has 1 aromatic rings.